The van der Waals surface area contributed by atoms with Gasteiger partial charge in [-0.3, -0.25) is 4.90 Å². The molecule has 164 valence electrons. The van der Waals surface area contributed by atoms with Gasteiger partial charge in [-0.05, 0) is 70.0 Å². The van der Waals surface area contributed by atoms with Crippen molar-refractivity contribution in [2.45, 2.75) is 58.9 Å². The molecule has 0 spiro atoms. The highest BCUT2D eigenvalue weighted by Crippen LogP contribution is 2.24. The van der Waals surface area contributed by atoms with Crippen molar-refractivity contribution in [3.8, 4) is 0 Å². The molecule has 1 fully saturated rings. The highest BCUT2D eigenvalue weighted by atomic mass is 16.5. The molecule has 1 unspecified atom stereocenters. The van der Waals surface area contributed by atoms with E-state index < -0.39 is 0 Å². The van der Waals surface area contributed by atoms with E-state index in [-0.39, 0.29) is 12.1 Å². The number of nitrogens with one attached hydrogen (secondary N) is 2. The molecule has 30 heavy (non-hydrogen) atoms. The first-order chi connectivity index (χ1) is 14.7. The summed E-state index contributed by atoms with van der Waals surface area (Å²) in [4.78, 5) is 7.27. The Kier molecular flexibility index (Phi) is 8.78. The van der Waals surface area contributed by atoms with Gasteiger partial charge in [0.05, 0.1) is 31.6 Å². The number of aliphatic imine (C=N–C) groups is 1. The van der Waals surface area contributed by atoms with Crippen LogP contribution in [0.1, 0.15) is 56.5 Å². The predicted octanol–water partition coefficient (Wildman–Crippen LogP) is 4.10. The number of benzene rings is 1. The van der Waals surface area contributed by atoms with E-state index >= 15 is 0 Å². The minimum Gasteiger partial charge on any atom is -0.468 e. The van der Waals surface area contributed by atoms with Crippen LogP contribution in [0.4, 0.5) is 0 Å². The molecule has 1 saturated heterocycles. The zero-order valence-corrected chi connectivity index (χ0v) is 18.6. The van der Waals surface area contributed by atoms with Gasteiger partial charge < -0.3 is 19.8 Å². The Morgan fingerprint density at radius 2 is 1.83 bits per heavy atom. The van der Waals surface area contributed by atoms with E-state index in [1.165, 1.54) is 24.0 Å². The van der Waals surface area contributed by atoms with E-state index in [2.05, 4.69) is 66.6 Å². The zero-order valence-electron chi connectivity index (χ0n) is 18.6. The molecule has 0 amide bonds. The van der Waals surface area contributed by atoms with Gasteiger partial charge in [-0.1, -0.05) is 24.3 Å². The van der Waals surface area contributed by atoms with E-state index in [1.807, 2.05) is 6.07 Å². The molecule has 0 radical (unpaired) electrons. The number of ether oxygens (including phenoxy) is 1. The van der Waals surface area contributed by atoms with Crippen molar-refractivity contribution in [1.29, 1.82) is 0 Å². The normalized spacial score (nSPS) is 16.2. The van der Waals surface area contributed by atoms with Gasteiger partial charge in [0.25, 0.3) is 0 Å². The summed E-state index contributed by atoms with van der Waals surface area (Å²) in [5.74, 6) is 1.85. The van der Waals surface area contributed by atoms with Crippen LogP contribution in [0.15, 0.2) is 52.1 Å². The molecule has 0 aliphatic carbocycles. The molecule has 3 rings (SSSR count). The largest absolute Gasteiger partial charge is 0.468 e. The first kappa shape index (κ1) is 22.4. The Hall–Kier alpha value is -2.31. The number of hydrogen-bond donors (Lipinski definition) is 2. The average Bonchev–Trinajstić information content (AvgIpc) is 3.46. The number of hydrogen-bond acceptors (Lipinski definition) is 4. The smallest absolute Gasteiger partial charge is 0.191 e. The second-order valence-corrected chi connectivity index (χ2v) is 8.03. The van der Waals surface area contributed by atoms with Crippen molar-refractivity contribution in [3.05, 3.63) is 59.5 Å². The van der Waals surface area contributed by atoms with E-state index in [4.69, 9.17) is 14.1 Å². The lowest BCUT2D eigenvalue weighted by atomic mass is 10.1. The summed E-state index contributed by atoms with van der Waals surface area (Å²) in [6, 6.07) is 12.8. The van der Waals surface area contributed by atoms with Gasteiger partial charge >= 0.3 is 0 Å². The van der Waals surface area contributed by atoms with Crippen molar-refractivity contribution in [1.82, 2.24) is 15.5 Å². The van der Waals surface area contributed by atoms with Crippen molar-refractivity contribution in [3.63, 3.8) is 0 Å². The molecule has 1 atom stereocenters. The summed E-state index contributed by atoms with van der Waals surface area (Å²) in [6.07, 6.45) is 4.51. The maximum Gasteiger partial charge on any atom is 0.191 e. The van der Waals surface area contributed by atoms with Crippen LogP contribution in [0.25, 0.3) is 0 Å². The fraction of sp³-hybridized carbons (Fsp3) is 0.542. The van der Waals surface area contributed by atoms with E-state index in [1.54, 1.807) is 6.26 Å². The fourth-order valence-electron chi connectivity index (χ4n) is 3.65. The van der Waals surface area contributed by atoms with Crippen molar-refractivity contribution >= 4 is 5.96 Å². The average molecular weight is 413 g/mol. The third-order valence-electron chi connectivity index (χ3n) is 5.29. The summed E-state index contributed by atoms with van der Waals surface area (Å²) < 4.78 is 11.4. The Labute approximate surface area is 180 Å². The van der Waals surface area contributed by atoms with Crippen molar-refractivity contribution in [2.24, 2.45) is 4.99 Å². The molecular formula is C24H36N4O2. The molecule has 1 aromatic carbocycles. The molecule has 2 aromatic rings. The highest BCUT2D eigenvalue weighted by Gasteiger charge is 2.25. The lowest BCUT2D eigenvalue weighted by Gasteiger charge is -2.26. The lowest BCUT2D eigenvalue weighted by molar-refractivity contribution is 0.0657. The SMILES string of the molecule is CCNC(=NCc1ccc(COC(C)C)cc1)NCC(c1ccco1)N1CCCC1. The first-order valence-corrected chi connectivity index (χ1v) is 11.1. The summed E-state index contributed by atoms with van der Waals surface area (Å²) in [7, 11) is 0. The van der Waals surface area contributed by atoms with E-state index in [9.17, 15) is 0 Å². The number of furan rings is 1. The summed E-state index contributed by atoms with van der Waals surface area (Å²) in [6.45, 7) is 11.3. The van der Waals surface area contributed by atoms with Gasteiger partial charge in [0, 0.05) is 13.1 Å². The minimum atomic E-state index is 0.228. The number of guanidine groups is 1. The van der Waals surface area contributed by atoms with Gasteiger partial charge in [-0.15, -0.1) is 0 Å². The molecule has 2 N–H and O–H groups in total. The van der Waals surface area contributed by atoms with Crippen LogP contribution in [0, 0.1) is 0 Å². The molecule has 0 bridgehead atoms. The standard InChI is InChI=1S/C24H36N4O2/c1-4-25-24(26-16-20-9-11-21(12-10-20)18-30-19(2)3)27-17-22(23-8-7-15-29-23)28-13-5-6-14-28/h7-12,15,19,22H,4-6,13-14,16-18H2,1-3H3,(H2,25,26,27). The number of nitrogens with zero attached hydrogens (tertiary/aromatic N) is 2. The zero-order chi connectivity index (χ0) is 21.2. The minimum absolute atomic E-state index is 0.228. The third-order valence-corrected chi connectivity index (χ3v) is 5.29. The molecule has 6 heteroatoms. The van der Waals surface area contributed by atoms with Crippen LogP contribution < -0.4 is 10.6 Å². The lowest BCUT2D eigenvalue weighted by Crippen LogP contribution is -2.42. The van der Waals surface area contributed by atoms with Crippen LogP contribution in [-0.4, -0.2) is 43.1 Å². The van der Waals surface area contributed by atoms with Crippen molar-refractivity contribution in [2.75, 3.05) is 26.2 Å². The number of likely N-dealkylation sites (tertiary alicyclic amines) is 1. The molecule has 1 aliphatic rings. The Bertz CT molecular complexity index is 750. The van der Waals surface area contributed by atoms with Crippen LogP contribution in [0.2, 0.25) is 0 Å². The third kappa shape index (κ3) is 6.89. The Morgan fingerprint density at radius 3 is 2.47 bits per heavy atom. The summed E-state index contributed by atoms with van der Waals surface area (Å²) in [5, 5.41) is 6.88. The van der Waals surface area contributed by atoms with Gasteiger partial charge in [0.15, 0.2) is 5.96 Å². The topological polar surface area (TPSA) is 62.0 Å². The first-order valence-electron chi connectivity index (χ1n) is 11.1. The van der Waals surface area contributed by atoms with Gasteiger partial charge in [-0.25, -0.2) is 4.99 Å². The molecule has 1 aromatic heterocycles. The van der Waals surface area contributed by atoms with Gasteiger partial charge in [0.1, 0.15) is 5.76 Å². The van der Waals surface area contributed by atoms with Crippen LogP contribution >= 0.6 is 0 Å². The maximum absolute atomic E-state index is 5.72. The van der Waals surface area contributed by atoms with Crippen LogP contribution in [-0.2, 0) is 17.9 Å². The second kappa shape index (κ2) is 11.8. The second-order valence-electron chi connectivity index (χ2n) is 8.03. The number of rotatable bonds is 10. The van der Waals surface area contributed by atoms with Gasteiger partial charge in [-0.2, -0.15) is 0 Å². The van der Waals surface area contributed by atoms with Gasteiger partial charge in [0.2, 0.25) is 0 Å². The summed E-state index contributed by atoms with van der Waals surface area (Å²) >= 11 is 0. The highest BCUT2D eigenvalue weighted by molar-refractivity contribution is 5.79. The molecule has 6 nitrogen and oxygen atoms in total. The van der Waals surface area contributed by atoms with Crippen LogP contribution in [0.5, 0.6) is 0 Å². The van der Waals surface area contributed by atoms with Crippen LogP contribution in [0.3, 0.4) is 0 Å². The summed E-state index contributed by atoms with van der Waals surface area (Å²) in [5.41, 5.74) is 2.37. The Balaban J connectivity index is 1.58. The van der Waals surface area contributed by atoms with E-state index in [0.717, 1.165) is 37.9 Å². The monoisotopic (exact) mass is 412 g/mol. The predicted molar refractivity (Wildman–Crippen MR) is 121 cm³/mol. The van der Waals surface area contributed by atoms with Crippen molar-refractivity contribution < 1.29 is 9.15 Å². The molecular weight excluding hydrogens is 376 g/mol. The molecule has 0 saturated carbocycles. The Morgan fingerprint density at radius 1 is 1.10 bits per heavy atom. The molecule has 2 heterocycles. The molecule has 1 aliphatic heterocycles. The maximum atomic E-state index is 5.72. The fourth-order valence-corrected chi connectivity index (χ4v) is 3.65. The van der Waals surface area contributed by atoms with E-state index in [0.29, 0.717) is 13.2 Å². The quantitative estimate of drug-likeness (QED) is 0.454.